The van der Waals surface area contributed by atoms with E-state index < -0.39 is 0 Å². The zero-order valence-electron chi connectivity index (χ0n) is 11.8. The van der Waals surface area contributed by atoms with E-state index in [9.17, 15) is 4.79 Å². The van der Waals surface area contributed by atoms with Crippen LogP contribution in [0.3, 0.4) is 0 Å². The molecule has 2 aromatic rings. The predicted octanol–water partition coefficient (Wildman–Crippen LogP) is 3.57. The summed E-state index contributed by atoms with van der Waals surface area (Å²) in [7, 11) is 1.60. The lowest BCUT2D eigenvalue weighted by Gasteiger charge is -2.12. The number of ether oxygens (including phenoxy) is 2. The van der Waals surface area contributed by atoms with Crippen molar-refractivity contribution in [3.63, 3.8) is 0 Å². The summed E-state index contributed by atoms with van der Waals surface area (Å²) in [5.74, 6) is 0.425. The molecule has 3 heteroatoms. The molecule has 1 aliphatic heterocycles. The maximum atomic E-state index is 12.0. The molecule has 1 aliphatic rings. The highest BCUT2D eigenvalue weighted by molar-refractivity contribution is 5.95. The fraction of sp³-hybridized carbons (Fsp3) is 0.235. The highest BCUT2D eigenvalue weighted by Gasteiger charge is 2.33. The lowest BCUT2D eigenvalue weighted by atomic mass is 9.96. The van der Waals surface area contributed by atoms with Crippen molar-refractivity contribution >= 4 is 5.97 Å². The van der Waals surface area contributed by atoms with Crippen molar-refractivity contribution in [1.82, 2.24) is 0 Å². The fourth-order valence-corrected chi connectivity index (χ4v) is 2.55. The Balaban J connectivity index is 2.09. The lowest BCUT2D eigenvalue weighted by Crippen LogP contribution is -2.00. The van der Waals surface area contributed by atoms with Crippen LogP contribution in [0.15, 0.2) is 36.4 Å². The monoisotopic (exact) mass is 268 g/mol. The highest BCUT2D eigenvalue weighted by atomic mass is 16.5. The number of esters is 1. The minimum Gasteiger partial charge on any atom is -0.496 e. The van der Waals surface area contributed by atoms with E-state index >= 15 is 0 Å². The summed E-state index contributed by atoms with van der Waals surface area (Å²) in [5, 5.41) is 0. The molecule has 0 saturated carbocycles. The van der Waals surface area contributed by atoms with Crippen LogP contribution >= 0.6 is 0 Å². The zero-order chi connectivity index (χ0) is 14.3. The Labute approximate surface area is 118 Å². The van der Waals surface area contributed by atoms with Gasteiger partial charge in [-0.1, -0.05) is 29.8 Å². The van der Waals surface area contributed by atoms with Crippen molar-refractivity contribution in [3.05, 3.63) is 64.2 Å². The van der Waals surface area contributed by atoms with Crippen LogP contribution in [0.5, 0.6) is 5.75 Å². The van der Waals surface area contributed by atoms with Crippen LogP contribution in [0.4, 0.5) is 0 Å². The summed E-state index contributed by atoms with van der Waals surface area (Å²) in [6, 6.07) is 11.8. The second kappa shape index (κ2) is 4.67. The quantitative estimate of drug-likeness (QED) is 0.781. The van der Waals surface area contributed by atoms with Gasteiger partial charge in [0.05, 0.1) is 12.7 Å². The van der Waals surface area contributed by atoms with Crippen LogP contribution in [0.1, 0.15) is 38.7 Å². The Morgan fingerprint density at radius 1 is 1.10 bits per heavy atom. The number of fused-ring (bicyclic) bond motifs is 1. The van der Waals surface area contributed by atoms with Gasteiger partial charge in [0.2, 0.25) is 0 Å². The third-order valence-electron chi connectivity index (χ3n) is 3.67. The van der Waals surface area contributed by atoms with Gasteiger partial charge in [0.15, 0.2) is 6.10 Å². The van der Waals surface area contributed by atoms with E-state index in [2.05, 4.69) is 0 Å². The Bertz CT molecular complexity index is 671. The summed E-state index contributed by atoms with van der Waals surface area (Å²) in [5.41, 5.74) is 4.69. The van der Waals surface area contributed by atoms with Gasteiger partial charge in [0.25, 0.3) is 0 Å². The van der Waals surface area contributed by atoms with E-state index in [0.717, 1.165) is 16.7 Å². The summed E-state index contributed by atoms with van der Waals surface area (Å²) < 4.78 is 10.8. The average molecular weight is 268 g/mol. The zero-order valence-corrected chi connectivity index (χ0v) is 11.8. The minimum atomic E-state index is -0.317. The highest BCUT2D eigenvalue weighted by Crippen LogP contribution is 2.38. The van der Waals surface area contributed by atoms with Crippen LogP contribution in [0.25, 0.3) is 0 Å². The third-order valence-corrected chi connectivity index (χ3v) is 3.67. The molecule has 0 N–H and O–H groups in total. The first kappa shape index (κ1) is 12.7. The van der Waals surface area contributed by atoms with Gasteiger partial charge in [0, 0.05) is 5.56 Å². The van der Waals surface area contributed by atoms with E-state index in [1.54, 1.807) is 13.2 Å². The molecule has 0 bridgehead atoms. The van der Waals surface area contributed by atoms with E-state index in [0.29, 0.717) is 11.3 Å². The van der Waals surface area contributed by atoms with Crippen LogP contribution in [0.2, 0.25) is 0 Å². The Kier molecular flexibility index (Phi) is 2.97. The number of methoxy groups -OCH3 is 1. The molecular formula is C17H16O3. The van der Waals surface area contributed by atoms with Crippen molar-refractivity contribution in [1.29, 1.82) is 0 Å². The molecule has 1 atom stereocenters. The van der Waals surface area contributed by atoms with Crippen molar-refractivity contribution in [2.24, 2.45) is 0 Å². The molecule has 0 spiro atoms. The summed E-state index contributed by atoms with van der Waals surface area (Å²) >= 11 is 0. The molecule has 0 aromatic heterocycles. The first-order valence-electron chi connectivity index (χ1n) is 6.56. The van der Waals surface area contributed by atoms with Gasteiger partial charge in [-0.2, -0.15) is 0 Å². The number of benzene rings is 2. The maximum Gasteiger partial charge on any atom is 0.339 e. The van der Waals surface area contributed by atoms with Gasteiger partial charge >= 0.3 is 5.97 Å². The number of hydrogen-bond acceptors (Lipinski definition) is 3. The van der Waals surface area contributed by atoms with Gasteiger partial charge < -0.3 is 9.47 Å². The number of rotatable bonds is 2. The number of hydrogen-bond donors (Lipinski definition) is 0. The molecule has 0 radical (unpaired) electrons. The first-order valence-corrected chi connectivity index (χ1v) is 6.56. The van der Waals surface area contributed by atoms with Crippen molar-refractivity contribution in [2.75, 3.05) is 7.11 Å². The molecule has 3 rings (SSSR count). The normalized spacial score (nSPS) is 16.8. The van der Waals surface area contributed by atoms with Crippen LogP contribution < -0.4 is 4.74 Å². The van der Waals surface area contributed by atoms with Crippen molar-refractivity contribution in [3.8, 4) is 5.75 Å². The van der Waals surface area contributed by atoms with Gasteiger partial charge in [-0.05, 0) is 37.1 Å². The summed E-state index contributed by atoms with van der Waals surface area (Å²) in [4.78, 5) is 12.0. The Morgan fingerprint density at radius 3 is 2.45 bits per heavy atom. The van der Waals surface area contributed by atoms with Gasteiger partial charge in [-0.15, -0.1) is 0 Å². The Hall–Kier alpha value is -2.29. The average Bonchev–Trinajstić information content (AvgIpc) is 2.75. The second-order valence-electron chi connectivity index (χ2n) is 5.11. The van der Waals surface area contributed by atoms with Gasteiger partial charge in [0.1, 0.15) is 5.75 Å². The van der Waals surface area contributed by atoms with E-state index in [-0.39, 0.29) is 12.1 Å². The number of carbonyl (C=O) groups excluding carboxylic acids is 1. The standard InChI is InChI=1S/C17H16O3/c1-10-4-6-12(7-5-10)16-13-8-11(2)15(19-3)9-14(13)17(18)20-16/h4-9,16H,1-3H3. The number of aryl methyl sites for hydroxylation is 2. The number of cyclic esters (lactones) is 1. The molecule has 0 amide bonds. The van der Waals surface area contributed by atoms with Crippen molar-refractivity contribution < 1.29 is 14.3 Å². The smallest absolute Gasteiger partial charge is 0.339 e. The van der Waals surface area contributed by atoms with Crippen LogP contribution in [0, 0.1) is 13.8 Å². The Morgan fingerprint density at radius 2 is 1.80 bits per heavy atom. The molecule has 20 heavy (non-hydrogen) atoms. The van der Waals surface area contributed by atoms with E-state index in [4.69, 9.17) is 9.47 Å². The third kappa shape index (κ3) is 1.95. The molecule has 1 heterocycles. The summed E-state index contributed by atoms with van der Waals surface area (Å²) in [6.45, 7) is 4.00. The number of carbonyl (C=O) groups is 1. The predicted molar refractivity (Wildman–Crippen MR) is 76.2 cm³/mol. The van der Waals surface area contributed by atoms with E-state index in [1.807, 2.05) is 44.2 Å². The van der Waals surface area contributed by atoms with Gasteiger partial charge in [-0.25, -0.2) is 4.79 Å². The molecular weight excluding hydrogens is 252 g/mol. The molecule has 2 aromatic carbocycles. The second-order valence-corrected chi connectivity index (χ2v) is 5.11. The summed E-state index contributed by atoms with van der Waals surface area (Å²) in [6.07, 6.45) is -0.317. The van der Waals surface area contributed by atoms with Crippen molar-refractivity contribution in [2.45, 2.75) is 20.0 Å². The largest absolute Gasteiger partial charge is 0.496 e. The topological polar surface area (TPSA) is 35.5 Å². The van der Waals surface area contributed by atoms with Gasteiger partial charge in [-0.3, -0.25) is 0 Å². The molecule has 0 aliphatic carbocycles. The molecule has 0 saturated heterocycles. The maximum absolute atomic E-state index is 12.0. The molecule has 0 fully saturated rings. The first-order chi connectivity index (χ1) is 9.60. The lowest BCUT2D eigenvalue weighted by molar-refractivity contribution is 0.0455. The van der Waals surface area contributed by atoms with E-state index in [1.165, 1.54) is 5.56 Å². The SMILES string of the molecule is COc1cc2c(cc1C)C(c1ccc(C)cc1)OC2=O. The molecule has 1 unspecified atom stereocenters. The minimum absolute atomic E-state index is 0.288. The fourth-order valence-electron chi connectivity index (χ4n) is 2.55. The molecule has 3 nitrogen and oxygen atoms in total. The van der Waals surface area contributed by atoms with Crippen LogP contribution in [-0.2, 0) is 4.74 Å². The molecule has 102 valence electrons. The van der Waals surface area contributed by atoms with Crippen LogP contribution in [-0.4, -0.2) is 13.1 Å².